The number of unbranched alkanes of at least 4 members (excludes halogenated alkanes) is 3. The first kappa shape index (κ1) is 13.5. The molecule has 3 nitrogen and oxygen atoms in total. The van der Waals surface area contributed by atoms with Gasteiger partial charge < -0.3 is 5.32 Å². The van der Waals surface area contributed by atoms with E-state index in [0.717, 1.165) is 18.1 Å². The molecule has 0 spiro atoms. The van der Waals surface area contributed by atoms with E-state index in [2.05, 4.69) is 34.3 Å². The number of nitrogens with zero attached hydrogens (tertiary/aromatic N) is 2. The van der Waals surface area contributed by atoms with Crippen molar-refractivity contribution in [2.45, 2.75) is 39.0 Å². The van der Waals surface area contributed by atoms with E-state index in [1.54, 1.807) is 6.20 Å². The van der Waals surface area contributed by atoms with Crippen molar-refractivity contribution < 1.29 is 0 Å². The van der Waals surface area contributed by atoms with Gasteiger partial charge in [-0.15, -0.1) is 0 Å². The predicted molar refractivity (Wildman–Crippen MR) is 79.6 cm³/mol. The molecule has 100 valence electrons. The summed E-state index contributed by atoms with van der Waals surface area (Å²) in [6.07, 6.45) is 9.92. The summed E-state index contributed by atoms with van der Waals surface area (Å²) >= 11 is 0. The van der Waals surface area contributed by atoms with Crippen molar-refractivity contribution in [1.82, 2.24) is 9.97 Å². The Morgan fingerprint density at radius 1 is 0.947 bits per heavy atom. The second-order valence-corrected chi connectivity index (χ2v) is 4.70. The number of nitrogens with one attached hydrogen (secondary N) is 1. The first-order valence-electron chi connectivity index (χ1n) is 7.01. The summed E-state index contributed by atoms with van der Waals surface area (Å²) in [6, 6.07) is 10.0. The molecule has 0 bridgehead atoms. The highest BCUT2D eigenvalue weighted by Crippen LogP contribution is 2.14. The molecule has 0 aliphatic heterocycles. The molecule has 0 unspecified atom stereocenters. The van der Waals surface area contributed by atoms with E-state index in [4.69, 9.17) is 0 Å². The molecule has 1 N–H and O–H groups in total. The van der Waals surface area contributed by atoms with Crippen LogP contribution in [-0.4, -0.2) is 9.97 Å². The Balaban J connectivity index is 1.91. The van der Waals surface area contributed by atoms with Crippen LogP contribution in [0.3, 0.4) is 0 Å². The average molecular weight is 255 g/mol. The summed E-state index contributed by atoms with van der Waals surface area (Å²) in [4.78, 5) is 8.57. The summed E-state index contributed by atoms with van der Waals surface area (Å²) in [5.41, 5.74) is 1.34. The maximum absolute atomic E-state index is 4.33. The van der Waals surface area contributed by atoms with Gasteiger partial charge in [0.05, 0.1) is 0 Å². The molecule has 0 aliphatic carbocycles. The largest absolute Gasteiger partial charge is 0.325 e. The highest BCUT2D eigenvalue weighted by Gasteiger charge is 1.99. The number of hydrogen-bond acceptors (Lipinski definition) is 3. The van der Waals surface area contributed by atoms with Gasteiger partial charge in [-0.05, 0) is 42.7 Å². The minimum absolute atomic E-state index is 0.832. The Kier molecular flexibility index (Phi) is 5.35. The van der Waals surface area contributed by atoms with Crippen LogP contribution in [0.4, 0.5) is 11.6 Å². The predicted octanol–water partition coefficient (Wildman–Crippen LogP) is 4.34. The zero-order chi connectivity index (χ0) is 13.3. The van der Waals surface area contributed by atoms with E-state index < -0.39 is 0 Å². The SMILES string of the molecule is CCCCCCc1ccnc(Nc2ccccn2)c1. The molecule has 0 radical (unpaired) electrons. The van der Waals surface area contributed by atoms with E-state index >= 15 is 0 Å². The van der Waals surface area contributed by atoms with Gasteiger partial charge >= 0.3 is 0 Å². The third-order valence-corrected chi connectivity index (χ3v) is 3.06. The lowest BCUT2D eigenvalue weighted by Gasteiger charge is -2.06. The number of aryl methyl sites for hydroxylation is 1. The lowest BCUT2D eigenvalue weighted by Crippen LogP contribution is -1.96. The lowest BCUT2D eigenvalue weighted by molar-refractivity contribution is 0.666. The summed E-state index contributed by atoms with van der Waals surface area (Å²) in [6.45, 7) is 2.24. The normalized spacial score (nSPS) is 10.4. The highest BCUT2D eigenvalue weighted by molar-refractivity contribution is 5.51. The van der Waals surface area contributed by atoms with Gasteiger partial charge in [-0.2, -0.15) is 0 Å². The van der Waals surface area contributed by atoms with Crippen LogP contribution in [0.25, 0.3) is 0 Å². The summed E-state index contributed by atoms with van der Waals surface area (Å²) in [7, 11) is 0. The molecule has 3 heteroatoms. The van der Waals surface area contributed by atoms with Crippen molar-refractivity contribution in [2.24, 2.45) is 0 Å². The van der Waals surface area contributed by atoms with E-state index in [1.807, 2.05) is 24.4 Å². The molecule has 0 amide bonds. The van der Waals surface area contributed by atoms with Gasteiger partial charge in [0.15, 0.2) is 0 Å². The highest BCUT2D eigenvalue weighted by atomic mass is 15.0. The molecule has 0 fully saturated rings. The minimum Gasteiger partial charge on any atom is -0.325 e. The van der Waals surface area contributed by atoms with Crippen molar-refractivity contribution in [1.29, 1.82) is 0 Å². The summed E-state index contributed by atoms with van der Waals surface area (Å²) in [5, 5.41) is 3.22. The second kappa shape index (κ2) is 7.52. The fourth-order valence-electron chi connectivity index (χ4n) is 2.02. The Labute approximate surface area is 115 Å². The van der Waals surface area contributed by atoms with Crippen molar-refractivity contribution in [3.8, 4) is 0 Å². The van der Waals surface area contributed by atoms with Crippen LogP contribution in [0, 0.1) is 0 Å². The summed E-state index contributed by atoms with van der Waals surface area (Å²) < 4.78 is 0. The van der Waals surface area contributed by atoms with Crippen LogP contribution in [-0.2, 0) is 6.42 Å². The zero-order valence-corrected chi connectivity index (χ0v) is 11.5. The fourth-order valence-corrected chi connectivity index (χ4v) is 2.02. The van der Waals surface area contributed by atoms with Crippen LogP contribution in [0.5, 0.6) is 0 Å². The van der Waals surface area contributed by atoms with Gasteiger partial charge in [-0.1, -0.05) is 32.3 Å². The number of aromatic nitrogens is 2. The van der Waals surface area contributed by atoms with Crippen LogP contribution in [0.1, 0.15) is 38.2 Å². The molecule has 0 aromatic carbocycles. The maximum Gasteiger partial charge on any atom is 0.131 e. The number of anilines is 2. The standard InChI is InChI=1S/C16H21N3/c1-2-3-4-5-8-14-10-12-18-16(13-14)19-15-9-6-7-11-17-15/h6-7,9-13H,2-5,8H2,1H3,(H,17,18,19). The number of rotatable bonds is 7. The Hall–Kier alpha value is -1.90. The molecule has 0 aliphatic rings. The average Bonchev–Trinajstić information content (AvgIpc) is 2.45. The third-order valence-electron chi connectivity index (χ3n) is 3.06. The van der Waals surface area contributed by atoms with Gasteiger partial charge in [0.25, 0.3) is 0 Å². The first-order valence-corrected chi connectivity index (χ1v) is 7.01. The molecule has 0 atom stereocenters. The van der Waals surface area contributed by atoms with Crippen molar-refractivity contribution in [3.63, 3.8) is 0 Å². The molecular weight excluding hydrogens is 234 g/mol. The van der Waals surface area contributed by atoms with Gasteiger partial charge in [0.2, 0.25) is 0 Å². The minimum atomic E-state index is 0.832. The maximum atomic E-state index is 4.33. The van der Waals surface area contributed by atoms with E-state index in [1.165, 1.54) is 31.2 Å². The molecule has 19 heavy (non-hydrogen) atoms. The van der Waals surface area contributed by atoms with Crippen LogP contribution in [0.15, 0.2) is 42.7 Å². The molecule has 2 aromatic rings. The van der Waals surface area contributed by atoms with Gasteiger partial charge in [0, 0.05) is 12.4 Å². The Morgan fingerprint density at radius 3 is 2.63 bits per heavy atom. The van der Waals surface area contributed by atoms with Crippen molar-refractivity contribution in [3.05, 3.63) is 48.3 Å². The monoisotopic (exact) mass is 255 g/mol. The summed E-state index contributed by atoms with van der Waals surface area (Å²) in [5.74, 6) is 1.70. The van der Waals surface area contributed by atoms with Crippen LogP contribution >= 0.6 is 0 Å². The zero-order valence-electron chi connectivity index (χ0n) is 11.5. The topological polar surface area (TPSA) is 37.8 Å². The van der Waals surface area contributed by atoms with Crippen molar-refractivity contribution in [2.75, 3.05) is 5.32 Å². The van der Waals surface area contributed by atoms with Crippen LogP contribution in [0.2, 0.25) is 0 Å². The van der Waals surface area contributed by atoms with Gasteiger partial charge in [0.1, 0.15) is 11.6 Å². The number of pyridine rings is 2. The van der Waals surface area contributed by atoms with E-state index in [0.29, 0.717) is 0 Å². The smallest absolute Gasteiger partial charge is 0.131 e. The second-order valence-electron chi connectivity index (χ2n) is 4.70. The molecule has 0 saturated carbocycles. The number of hydrogen-bond donors (Lipinski definition) is 1. The molecular formula is C16H21N3. The molecule has 2 aromatic heterocycles. The van der Waals surface area contributed by atoms with Gasteiger partial charge in [-0.25, -0.2) is 9.97 Å². The lowest BCUT2D eigenvalue weighted by atomic mass is 10.1. The first-order chi connectivity index (χ1) is 9.38. The van der Waals surface area contributed by atoms with E-state index in [-0.39, 0.29) is 0 Å². The van der Waals surface area contributed by atoms with E-state index in [9.17, 15) is 0 Å². The van der Waals surface area contributed by atoms with Crippen LogP contribution < -0.4 is 5.32 Å². The molecule has 0 saturated heterocycles. The Morgan fingerprint density at radius 2 is 1.84 bits per heavy atom. The fraction of sp³-hybridized carbons (Fsp3) is 0.375. The molecule has 2 heterocycles. The molecule has 2 rings (SSSR count). The quantitative estimate of drug-likeness (QED) is 0.748. The Bertz CT molecular complexity index is 482. The van der Waals surface area contributed by atoms with Crippen molar-refractivity contribution >= 4 is 11.6 Å². The third kappa shape index (κ3) is 4.70. The van der Waals surface area contributed by atoms with Gasteiger partial charge in [-0.3, -0.25) is 0 Å².